The molecule has 0 saturated carbocycles. The molecule has 0 rings (SSSR count). The van der Waals surface area contributed by atoms with Gasteiger partial charge < -0.3 is 10.4 Å². The minimum atomic E-state index is -1.01. The van der Waals surface area contributed by atoms with Crippen LogP contribution in [0.2, 0.25) is 0 Å². The number of amides is 1. The second-order valence-electron chi connectivity index (χ2n) is 2.60. The highest BCUT2D eigenvalue weighted by Gasteiger charge is 2.19. The zero-order valence-electron chi connectivity index (χ0n) is 7.33. The van der Waals surface area contributed by atoms with Gasteiger partial charge in [-0.3, -0.25) is 4.79 Å². The fourth-order valence-electron chi connectivity index (χ4n) is 0.611. The van der Waals surface area contributed by atoms with E-state index in [2.05, 4.69) is 5.32 Å². The highest BCUT2D eigenvalue weighted by molar-refractivity contribution is 8.01. The van der Waals surface area contributed by atoms with Crippen LogP contribution in [0.15, 0.2) is 0 Å². The summed E-state index contributed by atoms with van der Waals surface area (Å²) in [6.45, 7) is 5.06. The second kappa shape index (κ2) is 5.03. The van der Waals surface area contributed by atoms with E-state index in [0.29, 0.717) is 0 Å². The van der Waals surface area contributed by atoms with Crippen LogP contribution in [-0.4, -0.2) is 27.6 Å². The summed E-state index contributed by atoms with van der Waals surface area (Å²) in [6, 6.07) is 0. The van der Waals surface area contributed by atoms with E-state index in [4.69, 9.17) is 5.11 Å². The smallest absolute Gasteiger partial charge is 0.336 e. The van der Waals surface area contributed by atoms with Crippen molar-refractivity contribution in [3.8, 4) is 0 Å². The molecule has 0 aliphatic heterocycles. The van der Waals surface area contributed by atoms with Gasteiger partial charge >= 0.3 is 5.97 Å². The SMILES string of the molecule is CC(=O)NC(SC(C)C)C(=O)O. The van der Waals surface area contributed by atoms with Crippen molar-refractivity contribution < 1.29 is 14.7 Å². The van der Waals surface area contributed by atoms with E-state index >= 15 is 0 Å². The lowest BCUT2D eigenvalue weighted by molar-refractivity contribution is -0.138. The molecule has 12 heavy (non-hydrogen) atoms. The molecule has 0 aromatic rings. The molecule has 4 nitrogen and oxygen atoms in total. The Bertz CT molecular complexity index is 181. The lowest BCUT2D eigenvalue weighted by Crippen LogP contribution is -2.37. The van der Waals surface area contributed by atoms with Gasteiger partial charge in [0.1, 0.15) is 0 Å². The summed E-state index contributed by atoms with van der Waals surface area (Å²) >= 11 is 1.20. The van der Waals surface area contributed by atoms with E-state index < -0.39 is 11.3 Å². The predicted octanol–water partition coefficient (Wildman–Crippen LogP) is 0.675. The van der Waals surface area contributed by atoms with Crippen LogP contribution >= 0.6 is 11.8 Å². The third-order valence-electron chi connectivity index (χ3n) is 0.967. The molecule has 0 spiro atoms. The van der Waals surface area contributed by atoms with Gasteiger partial charge in [-0.25, -0.2) is 4.79 Å². The van der Waals surface area contributed by atoms with Crippen LogP contribution in [0.5, 0.6) is 0 Å². The van der Waals surface area contributed by atoms with Crippen molar-refractivity contribution in [1.29, 1.82) is 0 Å². The quantitative estimate of drug-likeness (QED) is 0.641. The van der Waals surface area contributed by atoms with E-state index in [1.165, 1.54) is 18.7 Å². The summed E-state index contributed by atoms with van der Waals surface area (Å²) in [5.41, 5.74) is 0. The number of carboxylic acid groups (broad SMARTS) is 1. The summed E-state index contributed by atoms with van der Waals surface area (Å²) in [4.78, 5) is 21.1. The predicted molar refractivity (Wildman–Crippen MR) is 48.0 cm³/mol. The van der Waals surface area contributed by atoms with Crippen molar-refractivity contribution in [3.05, 3.63) is 0 Å². The molecule has 1 amide bonds. The first-order chi connectivity index (χ1) is 5.43. The van der Waals surface area contributed by atoms with Gasteiger partial charge in [-0.1, -0.05) is 13.8 Å². The maximum absolute atomic E-state index is 10.6. The van der Waals surface area contributed by atoms with Crippen LogP contribution in [0.1, 0.15) is 20.8 Å². The Kier molecular flexibility index (Phi) is 4.73. The molecule has 0 fully saturated rings. The monoisotopic (exact) mass is 191 g/mol. The number of nitrogens with one attached hydrogen (secondary N) is 1. The number of hydrogen-bond donors (Lipinski definition) is 2. The van der Waals surface area contributed by atoms with Crippen molar-refractivity contribution in [3.63, 3.8) is 0 Å². The van der Waals surface area contributed by atoms with Crippen LogP contribution in [0.3, 0.4) is 0 Å². The fourth-order valence-corrected chi connectivity index (χ4v) is 1.51. The zero-order chi connectivity index (χ0) is 9.72. The molecular formula is C7H13NO3S. The van der Waals surface area contributed by atoms with Crippen LogP contribution in [0.25, 0.3) is 0 Å². The Hall–Kier alpha value is -0.710. The van der Waals surface area contributed by atoms with Gasteiger partial charge in [0.2, 0.25) is 5.91 Å². The first-order valence-corrected chi connectivity index (χ1v) is 4.53. The van der Waals surface area contributed by atoms with E-state index in [0.717, 1.165) is 0 Å². The lowest BCUT2D eigenvalue weighted by Gasteiger charge is -2.14. The number of aliphatic carboxylic acids is 1. The first-order valence-electron chi connectivity index (χ1n) is 3.59. The average Bonchev–Trinajstić information content (AvgIpc) is 1.83. The van der Waals surface area contributed by atoms with Crippen LogP contribution in [-0.2, 0) is 9.59 Å². The van der Waals surface area contributed by atoms with Crippen molar-refractivity contribution in [2.45, 2.75) is 31.4 Å². The number of rotatable bonds is 4. The Morgan fingerprint density at radius 1 is 1.42 bits per heavy atom. The third kappa shape index (κ3) is 5.01. The van der Waals surface area contributed by atoms with Crippen LogP contribution in [0.4, 0.5) is 0 Å². The number of carboxylic acids is 1. The summed E-state index contributed by atoms with van der Waals surface area (Å²) in [5.74, 6) is -1.33. The molecule has 0 aromatic carbocycles. The van der Waals surface area contributed by atoms with E-state index in [1.54, 1.807) is 0 Å². The molecule has 1 unspecified atom stereocenters. The van der Waals surface area contributed by atoms with Crippen molar-refractivity contribution in [1.82, 2.24) is 5.32 Å². The molecular weight excluding hydrogens is 178 g/mol. The normalized spacial score (nSPS) is 12.7. The number of thioether (sulfide) groups is 1. The van der Waals surface area contributed by atoms with E-state index in [1.807, 2.05) is 13.8 Å². The Balaban J connectivity index is 4.04. The van der Waals surface area contributed by atoms with Gasteiger partial charge in [-0.05, 0) is 0 Å². The Morgan fingerprint density at radius 2 is 1.92 bits per heavy atom. The number of carbonyl (C=O) groups is 2. The molecule has 0 radical (unpaired) electrons. The van der Waals surface area contributed by atoms with Gasteiger partial charge in [0.05, 0.1) is 0 Å². The van der Waals surface area contributed by atoms with Crippen LogP contribution < -0.4 is 5.32 Å². The van der Waals surface area contributed by atoms with Crippen molar-refractivity contribution >= 4 is 23.6 Å². The fraction of sp³-hybridized carbons (Fsp3) is 0.714. The summed E-state index contributed by atoms with van der Waals surface area (Å²) in [5, 5.41) is 10.3. The molecule has 0 heterocycles. The molecule has 0 aliphatic rings. The standard InChI is InChI=1S/C7H13NO3S/c1-4(2)12-6(7(10)11)8-5(3)9/h4,6H,1-3H3,(H,8,9)(H,10,11). The lowest BCUT2D eigenvalue weighted by atomic mass is 10.6. The maximum Gasteiger partial charge on any atom is 0.336 e. The Labute approximate surface area is 75.7 Å². The molecule has 5 heteroatoms. The minimum Gasteiger partial charge on any atom is -0.479 e. The summed E-state index contributed by atoms with van der Waals surface area (Å²) in [6.07, 6.45) is 0. The van der Waals surface area contributed by atoms with Crippen molar-refractivity contribution in [2.24, 2.45) is 0 Å². The minimum absolute atomic E-state index is 0.179. The molecule has 0 saturated heterocycles. The number of carbonyl (C=O) groups excluding carboxylic acids is 1. The molecule has 1 atom stereocenters. The molecule has 0 aromatic heterocycles. The zero-order valence-corrected chi connectivity index (χ0v) is 8.14. The molecule has 70 valence electrons. The Morgan fingerprint density at radius 3 is 2.17 bits per heavy atom. The topological polar surface area (TPSA) is 66.4 Å². The van der Waals surface area contributed by atoms with Gasteiger partial charge in [-0.15, -0.1) is 11.8 Å². The molecule has 0 aliphatic carbocycles. The van der Waals surface area contributed by atoms with Gasteiger partial charge in [0.15, 0.2) is 5.37 Å². The van der Waals surface area contributed by atoms with Gasteiger partial charge in [0, 0.05) is 12.2 Å². The largest absolute Gasteiger partial charge is 0.479 e. The van der Waals surface area contributed by atoms with E-state index in [9.17, 15) is 9.59 Å². The van der Waals surface area contributed by atoms with Gasteiger partial charge in [0.25, 0.3) is 0 Å². The molecule has 2 N–H and O–H groups in total. The second-order valence-corrected chi connectivity index (χ2v) is 4.29. The molecule has 0 bridgehead atoms. The number of hydrogen-bond acceptors (Lipinski definition) is 3. The maximum atomic E-state index is 10.6. The summed E-state index contributed by atoms with van der Waals surface area (Å²) in [7, 11) is 0. The third-order valence-corrected chi connectivity index (χ3v) is 2.10. The average molecular weight is 191 g/mol. The van der Waals surface area contributed by atoms with Crippen molar-refractivity contribution in [2.75, 3.05) is 0 Å². The first kappa shape index (κ1) is 11.3. The van der Waals surface area contributed by atoms with Crippen LogP contribution in [0, 0.1) is 0 Å². The summed E-state index contributed by atoms with van der Waals surface area (Å²) < 4.78 is 0. The van der Waals surface area contributed by atoms with E-state index in [-0.39, 0.29) is 11.2 Å². The van der Waals surface area contributed by atoms with Gasteiger partial charge in [-0.2, -0.15) is 0 Å². The highest BCUT2D eigenvalue weighted by Crippen LogP contribution is 2.14. The highest BCUT2D eigenvalue weighted by atomic mass is 32.2.